The van der Waals surface area contributed by atoms with E-state index in [0.717, 1.165) is 17.5 Å². The van der Waals surface area contributed by atoms with Crippen LogP contribution in [0.1, 0.15) is 34.6 Å². The Balaban J connectivity index is 1.72. The van der Waals surface area contributed by atoms with E-state index in [1.165, 1.54) is 19.2 Å². The summed E-state index contributed by atoms with van der Waals surface area (Å²) in [6, 6.07) is 9.18. The number of hydrogen-bond acceptors (Lipinski definition) is 5. The topological polar surface area (TPSA) is 91.8 Å². The van der Waals surface area contributed by atoms with Crippen LogP contribution in [-0.4, -0.2) is 56.3 Å². The fourth-order valence-corrected chi connectivity index (χ4v) is 5.08. The van der Waals surface area contributed by atoms with E-state index in [0.29, 0.717) is 35.6 Å². The molecule has 0 spiro atoms. The lowest BCUT2D eigenvalue weighted by atomic mass is 10.1. The van der Waals surface area contributed by atoms with E-state index in [2.05, 4.69) is 15.4 Å². The van der Waals surface area contributed by atoms with Crippen LogP contribution in [0.3, 0.4) is 0 Å². The summed E-state index contributed by atoms with van der Waals surface area (Å²) in [5.41, 5.74) is 1.64. The maximum atomic E-state index is 14.8. The van der Waals surface area contributed by atoms with Crippen LogP contribution in [-0.2, 0) is 7.05 Å². The summed E-state index contributed by atoms with van der Waals surface area (Å²) in [4.78, 5) is 20.0. The zero-order valence-corrected chi connectivity index (χ0v) is 21.3. The van der Waals surface area contributed by atoms with Crippen LogP contribution in [0.25, 0.3) is 28.0 Å². The molecule has 1 amide bonds. The van der Waals surface area contributed by atoms with Crippen LogP contribution in [0, 0.1) is 30.0 Å². The lowest BCUT2D eigenvalue weighted by molar-refractivity contribution is 0.0692. The van der Waals surface area contributed by atoms with Crippen molar-refractivity contribution in [3.63, 3.8) is 0 Å². The third-order valence-electron chi connectivity index (χ3n) is 6.84. The molecule has 37 heavy (non-hydrogen) atoms. The Morgan fingerprint density at radius 2 is 2.05 bits per heavy atom. The highest BCUT2D eigenvalue weighted by Crippen LogP contribution is 2.34. The van der Waals surface area contributed by atoms with Crippen molar-refractivity contribution in [2.75, 3.05) is 20.1 Å². The average Bonchev–Trinajstić information content (AvgIpc) is 3.38. The largest absolute Gasteiger partial charge is 0.336 e. The van der Waals surface area contributed by atoms with E-state index in [1.807, 2.05) is 7.05 Å². The fraction of sp³-hybridized carbons (Fsp3) is 0.308. The van der Waals surface area contributed by atoms with Gasteiger partial charge in [0.1, 0.15) is 23.4 Å². The number of hydrogen-bond donors (Lipinski definition) is 1. The van der Waals surface area contributed by atoms with Crippen molar-refractivity contribution < 1.29 is 13.6 Å². The van der Waals surface area contributed by atoms with Crippen LogP contribution < -0.4 is 5.32 Å². The van der Waals surface area contributed by atoms with Gasteiger partial charge in [-0.05, 0) is 57.1 Å². The molecule has 11 heteroatoms. The molecule has 4 aromatic rings. The summed E-state index contributed by atoms with van der Waals surface area (Å²) in [6.07, 6.45) is 1.82. The summed E-state index contributed by atoms with van der Waals surface area (Å²) in [6.45, 7) is 2.86. The first-order valence-corrected chi connectivity index (χ1v) is 12.2. The normalized spacial score (nSPS) is 15.8. The molecule has 0 radical (unpaired) electrons. The van der Waals surface area contributed by atoms with E-state index in [-0.39, 0.29) is 39.4 Å². The van der Waals surface area contributed by atoms with Crippen molar-refractivity contribution in [1.82, 2.24) is 29.5 Å². The Labute approximate surface area is 217 Å². The van der Waals surface area contributed by atoms with Gasteiger partial charge in [0.2, 0.25) is 5.95 Å². The number of aromatic nitrogens is 4. The standard InChI is InChI=1S/C26H24ClF2N7O/c1-14-23(26(37)35-8-4-5-17(13-35)31-2)32-25(15-6-7-16(12-30)20(28)9-15)36(14)22-10-18-21(11-19(22)27)33-34(3)24(18)29/h6-7,9-11,17,31H,4-5,8,13H2,1-3H3/t17-/m0/s1. The number of nitrogens with zero attached hydrogens (tertiary/aromatic N) is 6. The highest BCUT2D eigenvalue weighted by Gasteiger charge is 2.30. The smallest absolute Gasteiger partial charge is 0.274 e. The van der Waals surface area contributed by atoms with Gasteiger partial charge in [-0.15, -0.1) is 0 Å². The molecule has 3 heterocycles. The van der Waals surface area contributed by atoms with E-state index in [4.69, 9.17) is 16.9 Å². The first kappa shape index (κ1) is 24.9. The molecule has 1 aliphatic rings. The van der Waals surface area contributed by atoms with E-state index >= 15 is 0 Å². The SMILES string of the molecule is CN[C@H]1CCCN(C(=O)c2nc(-c3ccc(C#N)c(F)c3)n(-c3cc4c(F)n(C)nc4cc3Cl)c2C)C1. The molecular weight excluding hydrogens is 500 g/mol. The number of fused-ring (bicyclic) bond motifs is 1. The van der Waals surface area contributed by atoms with Gasteiger partial charge in [0.25, 0.3) is 5.91 Å². The lowest BCUT2D eigenvalue weighted by Gasteiger charge is -2.32. The van der Waals surface area contributed by atoms with Gasteiger partial charge in [0, 0.05) is 31.7 Å². The number of carbonyl (C=O) groups excluding carboxylic acids is 1. The summed E-state index contributed by atoms with van der Waals surface area (Å²) in [7, 11) is 3.36. The Morgan fingerprint density at radius 1 is 1.27 bits per heavy atom. The van der Waals surface area contributed by atoms with Crippen molar-refractivity contribution in [3.05, 3.63) is 64.1 Å². The minimum Gasteiger partial charge on any atom is -0.336 e. The predicted octanol–water partition coefficient (Wildman–Crippen LogP) is 4.36. The van der Waals surface area contributed by atoms with Crippen molar-refractivity contribution in [1.29, 1.82) is 5.26 Å². The van der Waals surface area contributed by atoms with Crippen LogP contribution in [0.2, 0.25) is 5.02 Å². The number of benzene rings is 2. The van der Waals surface area contributed by atoms with Gasteiger partial charge in [0.05, 0.1) is 32.9 Å². The third kappa shape index (κ3) is 4.24. The highest BCUT2D eigenvalue weighted by molar-refractivity contribution is 6.33. The van der Waals surface area contributed by atoms with Crippen molar-refractivity contribution in [3.8, 4) is 23.1 Å². The molecule has 1 atom stereocenters. The van der Waals surface area contributed by atoms with Crippen molar-refractivity contribution in [2.24, 2.45) is 7.05 Å². The molecule has 190 valence electrons. The highest BCUT2D eigenvalue weighted by atomic mass is 35.5. The maximum Gasteiger partial charge on any atom is 0.274 e. The molecule has 0 saturated carbocycles. The lowest BCUT2D eigenvalue weighted by Crippen LogP contribution is -2.47. The predicted molar refractivity (Wildman–Crippen MR) is 136 cm³/mol. The van der Waals surface area contributed by atoms with Gasteiger partial charge in [-0.3, -0.25) is 9.36 Å². The first-order chi connectivity index (χ1) is 17.7. The molecular formula is C26H24ClF2N7O. The van der Waals surface area contributed by atoms with E-state index < -0.39 is 11.8 Å². The van der Waals surface area contributed by atoms with E-state index in [1.54, 1.807) is 40.7 Å². The number of carbonyl (C=O) groups is 1. The minimum atomic E-state index is -0.715. The monoisotopic (exact) mass is 523 g/mol. The van der Waals surface area contributed by atoms with E-state index in [9.17, 15) is 13.6 Å². The molecule has 5 rings (SSSR count). The molecule has 1 aliphatic heterocycles. The quantitative estimate of drug-likeness (QED) is 0.429. The molecule has 1 N–H and O–H groups in total. The van der Waals surface area contributed by atoms with Gasteiger partial charge in [-0.1, -0.05) is 11.6 Å². The number of likely N-dealkylation sites (N-methyl/N-ethyl adjacent to an activating group) is 1. The third-order valence-corrected chi connectivity index (χ3v) is 7.15. The van der Waals surface area contributed by atoms with Gasteiger partial charge in [-0.25, -0.2) is 14.1 Å². The van der Waals surface area contributed by atoms with Crippen LogP contribution in [0.5, 0.6) is 0 Å². The first-order valence-electron chi connectivity index (χ1n) is 11.8. The van der Waals surface area contributed by atoms with Gasteiger partial charge < -0.3 is 10.2 Å². The number of aryl methyl sites for hydroxylation is 1. The Hall–Kier alpha value is -3.81. The molecule has 8 nitrogen and oxygen atoms in total. The second-order valence-corrected chi connectivity index (χ2v) is 9.53. The van der Waals surface area contributed by atoms with Gasteiger partial charge in [0.15, 0.2) is 0 Å². The van der Waals surface area contributed by atoms with Gasteiger partial charge >= 0.3 is 0 Å². The van der Waals surface area contributed by atoms with Crippen molar-refractivity contribution >= 4 is 28.4 Å². The Bertz CT molecular complexity index is 1590. The number of halogens is 3. The molecule has 2 aromatic carbocycles. The Morgan fingerprint density at radius 3 is 2.76 bits per heavy atom. The zero-order chi connectivity index (χ0) is 26.4. The number of nitriles is 1. The Kier molecular flexibility index (Phi) is 6.43. The molecule has 0 unspecified atom stereocenters. The number of amides is 1. The number of imidazole rings is 1. The van der Waals surface area contributed by atoms with Crippen molar-refractivity contribution in [2.45, 2.75) is 25.8 Å². The summed E-state index contributed by atoms with van der Waals surface area (Å²) >= 11 is 6.64. The molecule has 2 aromatic heterocycles. The molecule has 0 bridgehead atoms. The minimum absolute atomic E-state index is 0.113. The van der Waals surface area contributed by atoms with Crippen LogP contribution in [0.4, 0.5) is 8.78 Å². The average molecular weight is 524 g/mol. The van der Waals surface area contributed by atoms with Crippen LogP contribution >= 0.6 is 11.6 Å². The second-order valence-electron chi connectivity index (χ2n) is 9.13. The number of rotatable bonds is 4. The summed E-state index contributed by atoms with van der Waals surface area (Å²) in [5.74, 6) is -1.26. The molecule has 0 aliphatic carbocycles. The number of likely N-dealkylation sites (tertiary alicyclic amines) is 1. The number of nitrogens with one attached hydrogen (secondary N) is 1. The van der Waals surface area contributed by atoms with Gasteiger partial charge in [-0.2, -0.15) is 14.8 Å². The summed E-state index contributed by atoms with van der Waals surface area (Å²) in [5, 5.41) is 17.0. The maximum absolute atomic E-state index is 14.8. The zero-order valence-electron chi connectivity index (χ0n) is 20.5. The second kappa shape index (κ2) is 9.57. The van der Waals surface area contributed by atoms with Crippen LogP contribution in [0.15, 0.2) is 30.3 Å². The molecule has 1 saturated heterocycles. The summed E-state index contributed by atoms with van der Waals surface area (Å²) < 4.78 is 32.1. The molecule has 1 fully saturated rings. The fourth-order valence-electron chi connectivity index (χ4n) is 4.83. The number of piperidine rings is 1.